The third-order valence-electron chi connectivity index (χ3n) is 8.18. The highest BCUT2D eigenvalue weighted by Gasteiger charge is 2.44. The molecular weight excluding hydrogens is 522 g/mol. The number of para-hydroxylation sites is 1. The number of nitrogens with zero attached hydrogens (tertiary/aromatic N) is 5. The van der Waals surface area contributed by atoms with Crippen molar-refractivity contribution in [1.82, 2.24) is 19.7 Å². The standard InChI is InChI=1S/C31H33N5O5/c1-5-36-28(11-14-32-36)34(2)20-9-10-25-22(17-20)24(37)19-31(41-25)12-15-35(16-13-31)30(38)23-18-27(40-4)21-7-6-8-26(39-3)29(21)33-23/h6-11,14,17-18H,5,12-13,15-16,19H2,1-4H3. The van der Waals surface area contributed by atoms with Crippen LogP contribution >= 0.6 is 0 Å². The number of likely N-dealkylation sites (tertiary alicyclic amines) is 1. The van der Waals surface area contributed by atoms with Gasteiger partial charge in [0.05, 0.1) is 32.4 Å². The zero-order chi connectivity index (χ0) is 28.7. The first-order chi connectivity index (χ1) is 19.9. The van der Waals surface area contributed by atoms with E-state index in [9.17, 15) is 9.59 Å². The van der Waals surface area contributed by atoms with Crippen LogP contribution in [0.1, 0.15) is 47.0 Å². The number of piperidine rings is 1. The van der Waals surface area contributed by atoms with Crippen molar-refractivity contribution in [2.45, 2.75) is 38.3 Å². The van der Waals surface area contributed by atoms with Crippen molar-refractivity contribution in [2.24, 2.45) is 0 Å². The fraction of sp³-hybridized carbons (Fsp3) is 0.355. The van der Waals surface area contributed by atoms with E-state index in [1.54, 1.807) is 31.4 Å². The van der Waals surface area contributed by atoms with E-state index in [0.29, 0.717) is 60.0 Å². The molecule has 4 heterocycles. The van der Waals surface area contributed by atoms with E-state index in [2.05, 4.69) is 10.1 Å². The van der Waals surface area contributed by atoms with Gasteiger partial charge >= 0.3 is 0 Å². The summed E-state index contributed by atoms with van der Waals surface area (Å²) in [6, 6.07) is 14.9. The molecule has 1 fully saturated rings. The van der Waals surface area contributed by atoms with Gasteiger partial charge in [-0.3, -0.25) is 9.59 Å². The molecular formula is C31H33N5O5. The van der Waals surface area contributed by atoms with Gasteiger partial charge in [0.25, 0.3) is 5.91 Å². The molecule has 10 nitrogen and oxygen atoms in total. The minimum Gasteiger partial charge on any atom is -0.496 e. The molecule has 0 N–H and O–H groups in total. The lowest BCUT2D eigenvalue weighted by Crippen LogP contribution is -2.52. The van der Waals surface area contributed by atoms with Crippen LogP contribution in [0.3, 0.4) is 0 Å². The smallest absolute Gasteiger partial charge is 0.272 e. The third-order valence-corrected chi connectivity index (χ3v) is 8.18. The molecule has 0 radical (unpaired) electrons. The third kappa shape index (κ3) is 4.63. The summed E-state index contributed by atoms with van der Waals surface area (Å²) in [6.07, 6.45) is 3.15. The summed E-state index contributed by atoms with van der Waals surface area (Å²) in [4.78, 5) is 35.4. The van der Waals surface area contributed by atoms with E-state index < -0.39 is 5.60 Å². The van der Waals surface area contributed by atoms with Gasteiger partial charge in [-0.1, -0.05) is 6.07 Å². The summed E-state index contributed by atoms with van der Waals surface area (Å²) < 4.78 is 19.5. The number of methoxy groups -OCH3 is 2. The molecule has 2 aliphatic heterocycles. The van der Waals surface area contributed by atoms with Crippen LogP contribution in [0.15, 0.2) is 54.7 Å². The van der Waals surface area contributed by atoms with Crippen LogP contribution in [0.4, 0.5) is 11.5 Å². The highest BCUT2D eigenvalue weighted by molar-refractivity contribution is 6.02. The topological polar surface area (TPSA) is 99.0 Å². The summed E-state index contributed by atoms with van der Waals surface area (Å²) in [5, 5.41) is 5.12. The van der Waals surface area contributed by atoms with Gasteiger partial charge in [0.1, 0.15) is 39.9 Å². The quantitative estimate of drug-likeness (QED) is 0.332. The number of Topliss-reactive ketones (excluding diaryl/α,β-unsaturated/α-hetero) is 1. The Morgan fingerprint density at radius 2 is 1.85 bits per heavy atom. The van der Waals surface area contributed by atoms with E-state index in [1.165, 1.54) is 0 Å². The number of amides is 1. The van der Waals surface area contributed by atoms with Crippen molar-refractivity contribution in [3.63, 3.8) is 0 Å². The summed E-state index contributed by atoms with van der Waals surface area (Å²) >= 11 is 0. The molecule has 41 heavy (non-hydrogen) atoms. The fourth-order valence-electron chi connectivity index (χ4n) is 5.87. The normalized spacial score (nSPS) is 15.9. The first-order valence-corrected chi connectivity index (χ1v) is 13.8. The van der Waals surface area contributed by atoms with Crippen LogP contribution in [0.2, 0.25) is 0 Å². The second-order valence-electron chi connectivity index (χ2n) is 10.5. The molecule has 10 heteroatoms. The second kappa shape index (κ2) is 10.4. The van der Waals surface area contributed by atoms with Crippen LogP contribution in [-0.2, 0) is 6.54 Å². The number of hydrogen-bond acceptors (Lipinski definition) is 8. The molecule has 212 valence electrons. The number of aryl methyl sites for hydroxylation is 1. The minimum absolute atomic E-state index is 0.0540. The van der Waals surface area contributed by atoms with Crippen LogP contribution in [-0.4, -0.2) is 71.3 Å². The maximum Gasteiger partial charge on any atom is 0.272 e. The maximum atomic E-state index is 13.5. The van der Waals surface area contributed by atoms with Gasteiger partial charge < -0.3 is 24.0 Å². The summed E-state index contributed by atoms with van der Waals surface area (Å²) in [7, 11) is 5.11. The largest absolute Gasteiger partial charge is 0.496 e. The molecule has 1 saturated heterocycles. The van der Waals surface area contributed by atoms with Gasteiger partial charge in [0, 0.05) is 62.7 Å². The van der Waals surface area contributed by atoms with Crippen molar-refractivity contribution in [2.75, 3.05) is 39.3 Å². The van der Waals surface area contributed by atoms with Gasteiger partial charge in [0.15, 0.2) is 5.78 Å². The number of fused-ring (bicyclic) bond motifs is 2. The van der Waals surface area contributed by atoms with Gasteiger partial charge in [0.2, 0.25) is 0 Å². The van der Waals surface area contributed by atoms with Crippen LogP contribution in [0.25, 0.3) is 10.9 Å². The molecule has 2 aliphatic rings. The van der Waals surface area contributed by atoms with Gasteiger partial charge in [-0.05, 0) is 37.3 Å². The zero-order valence-electron chi connectivity index (χ0n) is 23.7. The molecule has 0 atom stereocenters. The highest BCUT2D eigenvalue weighted by atomic mass is 16.5. The monoisotopic (exact) mass is 555 g/mol. The van der Waals surface area contributed by atoms with E-state index >= 15 is 0 Å². The van der Waals surface area contributed by atoms with Gasteiger partial charge in [-0.25, -0.2) is 9.67 Å². The molecule has 1 amide bonds. The van der Waals surface area contributed by atoms with Crippen molar-refractivity contribution in [3.8, 4) is 17.2 Å². The Bertz CT molecular complexity index is 1640. The predicted octanol–water partition coefficient (Wildman–Crippen LogP) is 4.88. The first-order valence-electron chi connectivity index (χ1n) is 13.8. The zero-order valence-corrected chi connectivity index (χ0v) is 23.7. The Kier molecular flexibility index (Phi) is 6.76. The van der Waals surface area contributed by atoms with Crippen LogP contribution in [0, 0.1) is 0 Å². The molecule has 0 bridgehead atoms. The summed E-state index contributed by atoms with van der Waals surface area (Å²) in [5.41, 5.74) is 1.71. The number of ketones is 1. The number of benzene rings is 2. The van der Waals surface area contributed by atoms with Crippen LogP contribution in [0.5, 0.6) is 17.2 Å². The second-order valence-corrected chi connectivity index (χ2v) is 10.5. The lowest BCUT2D eigenvalue weighted by atomic mass is 9.82. The van der Waals surface area contributed by atoms with Crippen molar-refractivity contribution in [3.05, 3.63) is 66.0 Å². The van der Waals surface area contributed by atoms with Crippen molar-refractivity contribution >= 4 is 34.1 Å². The molecule has 0 unspecified atom stereocenters. The Morgan fingerprint density at radius 3 is 2.59 bits per heavy atom. The average Bonchev–Trinajstić information content (AvgIpc) is 3.49. The maximum absolute atomic E-state index is 13.5. The number of carbonyl (C=O) groups excluding carboxylic acids is 2. The number of aromatic nitrogens is 3. The van der Waals surface area contributed by atoms with E-state index in [0.717, 1.165) is 23.4 Å². The number of anilines is 2. The van der Waals surface area contributed by atoms with Gasteiger partial charge in [-0.15, -0.1) is 0 Å². The molecule has 2 aromatic carbocycles. The molecule has 0 aliphatic carbocycles. The Morgan fingerprint density at radius 1 is 1.07 bits per heavy atom. The van der Waals surface area contributed by atoms with Crippen molar-refractivity contribution in [1.29, 1.82) is 0 Å². The summed E-state index contributed by atoms with van der Waals surface area (Å²) in [5.74, 6) is 2.54. The molecule has 6 rings (SSSR count). The number of rotatable bonds is 6. The number of carbonyl (C=O) groups is 2. The average molecular weight is 556 g/mol. The fourth-order valence-corrected chi connectivity index (χ4v) is 5.87. The lowest BCUT2D eigenvalue weighted by Gasteiger charge is -2.44. The Hall–Kier alpha value is -4.60. The van der Waals surface area contributed by atoms with Gasteiger partial charge in [-0.2, -0.15) is 5.10 Å². The van der Waals surface area contributed by atoms with Crippen LogP contribution < -0.4 is 19.1 Å². The Labute approximate surface area is 238 Å². The lowest BCUT2D eigenvalue weighted by molar-refractivity contribution is -0.00583. The summed E-state index contributed by atoms with van der Waals surface area (Å²) in [6.45, 7) is 3.70. The predicted molar refractivity (Wildman–Crippen MR) is 155 cm³/mol. The number of hydrogen-bond donors (Lipinski definition) is 0. The molecule has 0 saturated carbocycles. The van der Waals surface area contributed by atoms with Crippen molar-refractivity contribution < 1.29 is 23.8 Å². The molecule has 2 aromatic heterocycles. The van der Waals surface area contributed by atoms with E-state index in [1.807, 2.05) is 66.0 Å². The molecule has 4 aromatic rings. The highest BCUT2D eigenvalue weighted by Crippen LogP contribution is 2.41. The molecule has 1 spiro atoms. The minimum atomic E-state index is -0.632. The SMILES string of the molecule is CCn1nccc1N(C)c1ccc2c(c1)C(=O)CC1(CCN(C(=O)c3cc(OC)c4cccc(OC)c4n3)CC1)O2. The number of pyridine rings is 1. The number of ether oxygens (including phenoxy) is 3. The Balaban J connectivity index is 1.19. The van der Waals surface area contributed by atoms with E-state index in [-0.39, 0.29) is 18.1 Å². The van der Waals surface area contributed by atoms with E-state index in [4.69, 9.17) is 14.2 Å². The first kappa shape index (κ1) is 26.6.